The zero-order valence-electron chi connectivity index (χ0n) is 19.3. The highest BCUT2D eigenvalue weighted by Crippen LogP contribution is 2.42. The summed E-state index contributed by atoms with van der Waals surface area (Å²) in [4.78, 5) is 40.3. The largest absolute Gasteiger partial charge is 0.394 e. The molecule has 0 aromatic carbocycles. The number of pyridine rings is 1. The number of fused-ring (bicyclic) bond motifs is 1. The van der Waals surface area contributed by atoms with E-state index < -0.39 is 16.3 Å². The Kier molecular flexibility index (Phi) is 6.16. The molecule has 4 heterocycles. The maximum Gasteiger partial charge on any atom is 0.228 e. The summed E-state index contributed by atoms with van der Waals surface area (Å²) >= 11 is 6.29. The molecule has 10 heteroatoms. The number of amides is 1. The lowest BCUT2D eigenvalue weighted by atomic mass is 9.93. The summed E-state index contributed by atoms with van der Waals surface area (Å²) in [6.45, 7) is 2.91. The number of carbonyl (C=O) groups excluding carboxylic acids is 2. The highest BCUT2D eigenvalue weighted by atomic mass is 35.5. The van der Waals surface area contributed by atoms with Gasteiger partial charge < -0.3 is 20.1 Å². The summed E-state index contributed by atoms with van der Waals surface area (Å²) in [7, 11) is 0. The number of hydrogen-bond donors (Lipinski definition) is 2. The summed E-state index contributed by atoms with van der Waals surface area (Å²) in [5.41, 5.74) is 1.83. The number of halogens is 1. The molecule has 2 aliphatic heterocycles. The predicted molar refractivity (Wildman–Crippen MR) is 131 cm³/mol. The first-order chi connectivity index (χ1) is 16.8. The lowest BCUT2D eigenvalue weighted by molar-refractivity contribution is -0.115. The number of anilines is 2. The number of aliphatic hydroxyl groups is 1. The highest BCUT2D eigenvalue weighted by molar-refractivity contribution is 6.25. The first kappa shape index (κ1) is 23.6. The Balaban J connectivity index is 1.31. The minimum atomic E-state index is -0.588. The molecule has 35 heavy (non-hydrogen) atoms. The first-order valence-corrected chi connectivity index (χ1v) is 11.8. The van der Waals surface area contributed by atoms with Gasteiger partial charge in [-0.15, -0.1) is 11.6 Å². The summed E-state index contributed by atoms with van der Waals surface area (Å²) < 4.78 is 5.36. The number of ketones is 1. The van der Waals surface area contributed by atoms with Gasteiger partial charge in [0.15, 0.2) is 5.78 Å². The number of aliphatic hydroxyl groups excluding tert-OH is 1. The minimum absolute atomic E-state index is 0.101. The summed E-state index contributed by atoms with van der Waals surface area (Å²) in [6.07, 6.45) is 12.7. The van der Waals surface area contributed by atoms with Crippen LogP contribution in [-0.4, -0.2) is 68.5 Å². The molecule has 0 spiro atoms. The van der Waals surface area contributed by atoms with Crippen molar-refractivity contribution < 1.29 is 19.4 Å². The molecule has 1 aliphatic carbocycles. The SMILES string of the molecule is CC1(Cl)C=CC(CC(=O)Nc2cncc(C(=O)C3CN(C4(CO)COC4)c4ncncc43)c2)=CC1. The smallest absolute Gasteiger partial charge is 0.228 e. The fourth-order valence-electron chi connectivity index (χ4n) is 4.60. The van der Waals surface area contributed by atoms with Crippen molar-refractivity contribution in [2.24, 2.45) is 0 Å². The van der Waals surface area contributed by atoms with Gasteiger partial charge in [-0.25, -0.2) is 9.97 Å². The van der Waals surface area contributed by atoms with Gasteiger partial charge in [-0.05, 0) is 25.0 Å². The second kappa shape index (κ2) is 9.14. The molecule has 2 atom stereocenters. The summed E-state index contributed by atoms with van der Waals surface area (Å²) in [5.74, 6) is -0.244. The van der Waals surface area contributed by atoms with Crippen molar-refractivity contribution in [3.63, 3.8) is 0 Å². The summed E-state index contributed by atoms with van der Waals surface area (Å²) in [6, 6.07) is 1.63. The predicted octanol–water partition coefficient (Wildman–Crippen LogP) is 2.63. The van der Waals surface area contributed by atoms with Gasteiger partial charge >= 0.3 is 0 Å². The van der Waals surface area contributed by atoms with Crippen molar-refractivity contribution in [1.82, 2.24) is 15.0 Å². The van der Waals surface area contributed by atoms with E-state index in [0.717, 1.165) is 5.57 Å². The number of nitrogens with zero attached hydrogens (tertiary/aromatic N) is 4. The van der Waals surface area contributed by atoms with E-state index in [0.29, 0.717) is 48.8 Å². The second-order valence-corrected chi connectivity index (χ2v) is 10.3. The van der Waals surface area contributed by atoms with Gasteiger partial charge in [0.1, 0.15) is 17.7 Å². The van der Waals surface area contributed by atoms with Crippen LogP contribution >= 0.6 is 11.6 Å². The van der Waals surface area contributed by atoms with Crippen LogP contribution in [0.1, 0.15) is 41.6 Å². The third-order valence-corrected chi connectivity index (χ3v) is 7.00. The number of nitrogens with one attached hydrogen (secondary N) is 1. The molecule has 1 saturated heterocycles. The zero-order valence-corrected chi connectivity index (χ0v) is 20.0. The van der Waals surface area contributed by atoms with Gasteiger partial charge in [0.25, 0.3) is 0 Å². The number of Topliss-reactive ketones (excluding diaryl/α,β-unsaturated/α-hetero) is 1. The Morgan fingerprint density at radius 3 is 2.80 bits per heavy atom. The van der Waals surface area contributed by atoms with Gasteiger partial charge in [-0.2, -0.15) is 0 Å². The average molecular weight is 496 g/mol. The zero-order chi connectivity index (χ0) is 24.6. The third-order valence-electron chi connectivity index (χ3n) is 6.72. The fraction of sp³-hybridized carbons (Fsp3) is 0.400. The third kappa shape index (κ3) is 4.59. The molecular weight excluding hydrogens is 470 g/mol. The van der Waals surface area contributed by atoms with E-state index in [1.807, 2.05) is 30.1 Å². The van der Waals surface area contributed by atoms with Crippen LogP contribution in [-0.2, 0) is 9.53 Å². The maximum atomic E-state index is 13.5. The van der Waals surface area contributed by atoms with Crippen LogP contribution in [0.3, 0.4) is 0 Å². The molecule has 182 valence electrons. The number of aromatic nitrogens is 3. The van der Waals surface area contributed by atoms with Crippen LogP contribution < -0.4 is 10.2 Å². The Hall–Kier alpha value is -3.14. The molecule has 2 aromatic rings. The van der Waals surface area contributed by atoms with Gasteiger partial charge in [-0.3, -0.25) is 14.6 Å². The van der Waals surface area contributed by atoms with Crippen LogP contribution in [0.25, 0.3) is 0 Å². The first-order valence-electron chi connectivity index (χ1n) is 11.4. The van der Waals surface area contributed by atoms with Crippen LogP contribution in [0.15, 0.2) is 54.8 Å². The lowest BCUT2D eigenvalue weighted by Crippen LogP contribution is -2.65. The van der Waals surface area contributed by atoms with Crippen LogP contribution in [0.5, 0.6) is 0 Å². The van der Waals surface area contributed by atoms with Crippen LogP contribution in [0, 0.1) is 0 Å². The van der Waals surface area contributed by atoms with E-state index >= 15 is 0 Å². The molecule has 0 radical (unpaired) electrons. The fourth-order valence-corrected chi connectivity index (χ4v) is 4.74. The minimum Gasteiger partial charge on any atom is -0.394 e. The molecule has 1 fully saturated rings. The quantitative estimate of drug-likeness (QED) is 0.444. The van der Waals surface area contributed by atoms with E-state index in [-0.39, 0.29) is 24.7 Å². The summed E-state index contributed by atoms with van der Waals surface area (Å²) in [5, 5.41) is 12.8. The van der Waals surface area contributed by atoms with Gasteiger partial charge in [0, 0.05) is 30.1 Å². The maximum absolute atomic E-state index is 13.5. The average Bonchev–Trinajstić information content (AvgIpc) is 3.20. The van der Waals surface area contributed by atoms with E-state index in [4.69, 9.17) is 16.3 Å². The molecule has 9 nitrogen and oxygen atoms in total. The molecule has 5 rings (SSSR count). The number of carbonyl (C=O) groups is 2. The van der Waals surface area contributed by atoms with Crippen molar-refractivity contribution in [1.29, 1.82) is 0 Å². The number of alkyl halides is 1. The Labute approximate surface area is 207 Å². The number of allylic oxidation sites excluding steroid dienone is 3. The van der Waals surface area contributed by atoms with Gasteiger partial charge in [0.05, 0.1) is 48.9 Å². The normalized spacial score (nSPS) is 24.4. The topological polar surface area (TPSA) is 118 Å². The van der Waals surface area contributed by atoms with E-state index in [2.05, 4.69) is 20.3 Å². The molecule has 0 bridgehead atoms. The molecule has 2 aromatic heterocycles. The standard InChI is InChI=1S/C25H26ClN5O4/c1-24(26)4-2-16(3-5-24)6-21(33)30-18-7-17(8-27-9-18)22(34)20-11-31(25(12-32)13-35-14-25)23-19(20)10-28-15-29-23/h2-4,7-10,15,20,32H,5-6,11-14H2,1H3,(H,30,33). The van der Waals surface area contributed by atoms with Crippen molar-refractivity contribution in [2.45, 2.75) is 36.1 Å². The number of ether oxygens (including phenoxy) is 1. The molecule has 0 saturated carbocycles. The molecular formula is C25H26ClN5O4. The van der Waals surface area contributed by atoms with E-state index in [9.17, 15) is 14.7 Å². The van der Waals surface area contributed by atoms with Gasteiger partial charge in [0.2, 0.25) is 5.91 Å². The number of rotatable bonds is 7. The highest BCUT2D eigenvalue weighted by Gasteiger charge is 2.50. The Morgan fingerprint density at radius 2 is 2.11 bits per heavy atom. The second-order valence-electron chi connectivity index (χ2n) is 9.49. The van der Waals surface area contributed by atoms with Crippen molar-refractivity contribution in [2.75, 3.05) is 36.6 Å². The molecule has 2 unspecified atom stereocenters. The van der Waals surface area contributed by atoms with E-state index in [1.54, 1.807) is 12.3 Å². The number of hydrogen-bond acceptors (Lipinski definition) is 8. The Bertz CT molecular complexity index is 1220. The van der Waals surface area contributed by atoms with E-state index in [1.165, 1.54) is 18.7 Å². The van der Waals surface area contributed by atoms with Crippen molar-refractivity contribution in [3.8, 4) is 0 Å². The lowest BCUT2D eigenvalue weighted by Gasteiger charge is -2.47. The van der Waals surface area contributed by atoms with Crippen molar-refractivity contribution >= 4 is 34.8 Å². The molecule has 3 aliphatic rings. The van der Waals surface area contributed by atoms with Crippen LogP contribution in [0.4, 0.5) is 11.5 Å². The van der Waals surface area contributed by atoms with Gasteiger partial charge in [-0.1, -0.05) is 18.2 Å². The van der Waals surface area contributed by atoms with Crippen molar-refractivity contribution in [3.05, 3.63) is 65.9 Å². The molecule has 2 N–H and O–H groups in total. The Morgan fingerprint density at radius 1 is 1.29 bits per heavy atom. The monoisotopic (exact) mass is 495 g/mol. The molecule has 1 amide bonds. The van der Waals surface area contributed by atoms with Crippen LogP contribution in [0.2, 0.25) is 0 Å².